The van der Waals surface area contributed by atoms with Crippen LogP contribution in [0.4, 0.5) is 0 Å². The first-order chi connectivity index (χ1) is 10.2. The van der Waals surface area contributed by atoms with E-state index in [0.29, 0.717) is 12.1 Å². The summed E-state index contributed by atoms with van der Waals surface area (Å²) in [5.41, 5.74) is 1.22. The van der Waals surface area contributed by atoms with Gasteiger partial charge in [0.25, 0.3) is 0 Å². The molecule has 110 valence electrons. The normalized spacial score (nSPS) is 19.8. The molecule has 1 atom stereocenters. The topological polar surface area (TPSA) is 50.5 Å². The zero-order valence-corrected chi connectivity index (χ0v) is 13.1. The summed E-state index contributed by atoms with van der Waals surface area (Å²) in [4.78, 5) is 24.9. The van der Waals surface area contributed by atoms with Crippen LogP contribution in [0.5, 0.6) is 0 Å². The average Bonchev–Trinajstić information content (AvgIpc) is 2.46. The van der Waals surface area contributed by atoms with E-state index in [1.165, 1.54) is 0 Å². The molecule has 0 radical (unpaired) electrons. The summed E-state index contributed by atoms with van der Waals surface area (Å²) in [5.74, 6) is 0.110. The fourth-order valence-electron chi connectivity index (χ4n) is 2.92. The number of carbonyl (C=O) groups excluding carboxylic acids is 1. The van der Waals surface area contributed by atoms with Crippen molar-refractivity contribution in [2.45, 2.75) is 19.4 Å². The molecule has 0 saturated carbocycles. The summed E-state index contributed by atoms with van der Waals surface area (Å²) < 4.78 is 6.14. The maximum atomic E-state index is 11.7. The Morgan fingerprint density at radius 3 is 3.05 bits per heavy atom. The van der Waals surface area contributed by atoms with E-state index in [0.717, 1.165) is 47.6 Å². The van der Waals surface area contributed by atoms with Crippen molar-refractivity contribution in [1.29, 1.82) is 0 Å². The quantitative estimate of drug-likeness (QED) is 0.631. The third kappa shape index (κ3) is 3.24. The Kier molecular flexibility index (Phi) is 4.22. The second-order valence-electron chi connectivity index (χ2n) is 5.50. The van der Waals surface area contributed by atoms with Crippen LogP contribution in [0.3, 0.4) is 0 Å². The molecule has 2 aromatic rings. The number of piperidine rings is 1. The van der Waals surface area contributed by atoms with Gasteiger partial charge in [-0.2, -0.15) is 0 Å². The molecule has 1 aromatic carbocycles. The Balaban J connectivity index is 1.93. The van der Waals surface area contributed by atoms with Crippen LogP contribution >= 0.6 is 15.9 Å². The van der Waals surface area contributed by atoms with E-state index < -0.39 is 0 Å². The lowest BCUT2D eigenvalue weighted by atomic mass is 9.99. The number of fused-ring (bicyclic) bond motifs is 1. The molecule has 1 unspecified atom stereocenters. The molecule has 1 aliphatic heterocycles. The number of halogens is 1. The average molecular weight is 350 g/mol. The van der Waals surface area contributed by atoms with Gasteiger partial charge in [-0.15, -0.1) is 0 Å². The molecule has 1 aliphatic rings. The van der Waals surface area contributed by atoms with Crippen molar-refractivity contribution in [2.24, 2.45) is 5.92 Å². The predicted molar refractivity (Wildman–Crippen MR) is 84.2 cm³/mol. The van der Waals surface area contributed by atoms with Gasteiger partial charge in [-0.1, -0.05) is 15.9 Å². The molecule has 1 fully saturated rings. The summed E-state index contributed by atoms with van der Waals surface area (Å²) in [6, 6.07) is 7.26. The minimum Gasteiger partial charge on any atom is -0.423 e. The van der Waals surface area contributed by atoms with Gasteiger partial charge in [0.2, 0.25) is 0 Å². The van der Waals surface area contributed by atoms with E-state index in [9.17, 15) is 9.59 Å². The van der Waals surface area contributed by atoms with E-state index in [-0.39, 0.29) is 11.5 Å². The number of nitrogens with zero attached hydrogens (tertiary/aromatic N) is 1. The summed E-state index contributed by atoms with van der Waals surface area (Å²) >= 11 is 3.39. The van der Waals surface area contributed by atoms with E-state index in [2.05, 4.69) is 20.8 Å². The Morgan fingerprint density at radius 2 is 2.24 bits per heavy atom. The van der Waals surface area contributed by atoms with E-state index in [4.69, 9.17) is 4.42 Å². The molecule has 0 spiro atoms. The molecule has 0 N–H and O–H groups in total. The van der Waals surface area contributed by atoms with Gasteiger partial charge in [-0.05, 0) is 43.1 Å². The van der Waals surface area contributed by atoms with Crippen molar-refractivity contribution in [2.75, 3.05) is 13.1 Å². The third-order valence-electron chi connectivity index (χ3n) is 3.92. The monoisotopic (exact) mass is 349 g/mol. The minimum atomic E-state index is -0.334. The van der Waals surface area contributed by atoms with Crippen LogP contribution in [-0.4, -0.2) is 24.3 Å². The minimum absolute atomic E-state index is 0.110. The van der Waals surface area contributed by atoms with E-state index >= 15 is 0 Å². The Hall–Kier alpha value is -1.46. The number of hydrogen-bond donors (Lipinski definition) is 0. The number of carbonyl (C=O) groups is 1. The molecular weight excluding hydrogens is 334 g/mol. The van der Waals surface area contributed by atoms with Gasteiger partial charge < -0.3 is 9.21 Å². The van der Waals surface area contributed by atoms with Gasteiger partial charge >= 0.3 is 5.63 Å². The van der Waals surface area contributed by atoms with Crippen molar-refractivity contribution in [3.8, 4) is 0 Å². The van der Waals surface area contributed by atoms with Crippen LogP contribution in [0.15, 0.2) is 37.9 Å². The smallest absolute Gasteiger partial charge is 0.336 e. The van der Waals surface area contributed by atoms with Crippen molar-refractivity contribution in [3.63, 3.8) is 0 Å². The van der Waals surface area contributed by atoms with Gasteiger partial charge in [0.05, 0.1) is 0 Å². The van der Waals surface area contributed by atoms with Gasteiger partial charge in [-0.25, -0.2) is 4.79 Å². The maximum Gasteiger partial charge on any atom is 0.336 e. The molecule has 21 heavy (non-hydrogen) atoms. The Bertz CT molecular complexity index is 725. The largest absolute Gasteiger partial charge is 0.423 e. The zero-order valence-electron chi connectivity index (χ0n) is 11.5. The lowest BCUT2D eigenvalue weighted by Gasteiger charge is -2.30. The molecule has 1 aromatic heterocycles. The van der Waals surface area contributed by atoms with Crippen LogP contribution in [0, 0.1) is 5.92 Å². The molecule has 3 rings (SSSR count). The number of benzene rings is 1. The highest BCUT2D eigenvalue weighted by Crippen LogP contribution is 2.24. The molecule has 1 saturated heterocycles. The number of rotatable bonds is 3. The zero-order chi connectivity index (χ0) is 14.8. The molecule has 5 heteroatoms. The summed E-state index contributed by atoms with van der Waals surface area (Å²) in [5, 5.41) is 0.950. The van der Waals surface area contributed by atoms with Crippen molar-refractivity contribution < 1.29 is 9.21 Å². The van der Waals surface area contributed by atoms with Crippen LogP contribution < -0.4 is 5.63 Å². The fourth-order valence-corrected chi connectivity index (χ4v) is 3.26. The highest BCUT2D eigenvalue weighted by Gasteiger charge is 2.20. The van der Waals surface area contributed by atoms with Gasteiger partial charge in [0.15, 0.2) is 0 Å². The second-order valence-corrected chi connectivity index (χ2v) is 6.42. The van der Waals surface area contributed by atoms with Gasteiger partial charge in [-0.3, -0.25) is 4.90 Å². The Labute approximate surface area is 130 Å². The predicted octanol–water partition coefficient (Wildman–Crippen LogP) is 2.97. The molecule has 0 amide bonds. The molecule has 0 bridgehead atoms. The molecule has 4 nitrogen and oxygen atoms in total. The van der Waals surface area contributed by atoms with Gasteiger partial charge in [0.1, 0.15) is 11.9 Å². The summed E-state index contributed by atoms with van der Waals surface area (Å²) in [7, 11) is 0. The first-order valence-electron chi connectivity index (χ1n) is 7.05. The van der Waals surface area contributed by atoms with Crippen LogP contribution in [0.25, 0.3) is 11.0 Å². The van der Waals surface area contributed by atoms with Gasteiger partial charge in [0, 0.05) is 34.9 Å². The standard InChI is InChI=1S/C16H16BrNO3/c17-13-3-4-14-12(6-16(20)21-15(14)7-13)9-18-5-1-2-11(8-18)10-19/h3-4,6-7,10-11H,1-2,5,8-9H2. The number of hydrogen-bond acceptors (Lipinski definition) is 4. The summed E-state index contributed by atoms with van der Waals surface area (Å²) in [6.07, 6.45) is 3.03. The molecule has 2 heterocycles. The lowest BCUT2D eigenvalue weighted by Crippen LogP contribution is -2.35. The molecular formula is C16H16BrNO3. The van der Waals surface area contributed by atoms with E-state index in [1.807, 2.05) is 18.2 Å². The second kappa shape index (κ2) is 6.12. The van der Waals surface area contributed by atoms with Crippen LogP contribution in [0.2, 0.25) is 0 Å². The third-order valence-corrected chi connectivity index (χ3v) is 4.41. The highest BCUT2D eigenvalue weighted by molar-refractivity contribution is 9.10. The lowest BCUT2D eigenvalue weighted by molar-refractivity contribution is -0.112. The first-order valence-corrected chi connectivity index (χ1v) is 7.85. The first kappa shape index (κ1) is 14.5. The van der Waals surface area contributed by atoms with Crippen LogP contribution in [0.1, 0.15) is 18.4 Å². The van der Waals surface area contributed by atoms with E-state index in [1.54, 1.807) is 6.07 Å². The Morgan fingerprint density at radius 1 is 1.38 bits per heavy atom. The number of likely N-dealkylation sites (tertiary alicyclic amines) is 1. The highest BCUT2D eigenvalue weighted by atomic mass is 79.9. The number of aldehydes is 1. The summed E-state index contributed by atoms with van der Waals surface area (Å²) in [6.45, 7) is 2.40. The van der Waals surface area contributed by atoms with Crippen LogP contribution in [-0.2, 0) is 11.3 Å². The molecule has 0 aliphatic carbocycles. The van der Waals surface area contributed by atoms with Crippen molar-refractivity contribution in [3.05, 3.63) is 44.7 Å². The SMILES string of the molecule is O=CC1CCCN(Cc2cc(=O)oc3cc(Br)ccc23)C1. The maximum absolute atomic E-state index is 11.7. The van der Waals surface area contributed by atoms with Crippen molar-refractivity contribution >= 4 is 33.2 Å². The van der Waals surface area contributed by atoms with Crippen molar-refractivity contribution in [1.82, 2.24) is 4.90 Å². The fraction of sp³-hybridized carbons (Fsp3) is 0.375.